The lowest BCUT2D eigenvalue weighted by molar-refractivity contribution is -0.149. The molecule has 8 heteroatoms. The van der Waals surface area contributed by atoms with Crippen molar-refractivity contribution in [3.05, 3.63) is 29.0 Å². The molecule has 120 valence electrons. The lowest BCUT2D eigenvalue weighted by atomic mass is 10.1. The number of hydrogen-bond donors (Lipinski definition) is 2. The number of halogens is 1. The monoisotopic (exact) mass is 328 g/mol. The Balaban J connectivity index is 2.49. The van der Waals surface area contributed by atoms with Gasteiger partial charge in [-0.05, 0) is 26.0 Å². The molecule has 22 heavy (non-hydrogen) atoms. The Labute approximate surface area is 132 Å². The second kappa shape index (κ2) is 7.74. The second-order valence-corrected chi connectivity index (χ2v) is 5.69. The predicted molar refractivity (Wildman–Crippen MR) is 78.6 cm³/mol. The molecule has 0 bridgehead atoms. The molecule has 1 aromatic rings. The molecule has 1 aromatic heterocycles. The van der Waals surface area contributed by atoms with Crippen molar-refractivity contribution in [3.8, 4) is 0 Å². The summed E-state index contributed by atoms with van der Waals surface area (Å²) in [6.07, 6.45) is 0.855. The number of aliphatic carboxylic acids is 1. The van der Waals surface area contributed by atoms with Crippen LogP contribution < -0.4 is 5.32 Å². The molecule has 0 unspecified atom stereocenters. The average Bonchev–Trinajstić information content (AvgIpc) is 2.43. The average molecular weight is 329 g/mol. The van der Waals surface area contributed by atoms with Crippen molar-refractivity contribution in [3.63, 3.8) is 0 Å². The number of pyridine rings is 1. The summed E-state index contributed by atoms with van der Waals surface area (Å²) in [5.74, 6) is -2.13. The van der Waals surface area contributed by atoms with E-state index in [4.69, 9.17) is 21.4 Å². The third-order valence-electron chi connectivity index (χ3n) is 2.55. The molecule has 0 fully saturated rings. The number of hydrogen-bond acceptors (Lipinski definition) is 5. The SMILES string of the molecule is CC(C)(COC(=O)CCC(=O)O)NC(=O)c1ccc(Cl)cn1. The van der Waals surface area contributed by atoms with Gasteiger partial charge in [-0.3, -0.25) is 14.4 Å². The number of carbonyl (C=O) groups is 3. The van der Waals surface area contributed by atoms with E-state index in [2.05, 4.69) is 10.3 Å². The lowest BCUT2D eigenvalue weighted by Crippen LogP contribution is -2.47. The standard InChI is InChI=1S/C14H17ClN2O5/c1-14(2,8-22-12(20)6-5-11(18)19)17-13(21)10-4-3-9(15)7-16-10/h3-4,7H,5-6,8H2,1-2H3,(H,17,21)(H,18,19). The Bertz CT molecular complexity index is 557. The van der Waals surface area contributed by atoms with Gasteiger partial charge in [0.05, 0.1) is 23.4 Å². The van der Waals surface area contributed by atoms with Crippen LogP contribution in [0, 0.1) is 0 Å². The smallest absolute Gasteiger partial charge is 0.306 e. The molecule has 0 atom stereocenters. The molecule has 1 heterocycles. The highest BCUT2D eigenvalue weighted by atomic mass is 35.5. The first-order valence-electron chi connectivity index (χ1n) is 6.51. The lowest BCUT2D eigenvalue weighted by Gasteiger charge is -2.25. The number of nitrogens with zero attached hydrogens (tertiary/aromatic N) is 1. The first-order chi connectivity index (χ1) is 10.2. The van der Waals surface area contributed by atoms with Crippen molar-refractivity contribution in [1.29, 1.82) is 0 Å². The van der Waals surface area contributed by atoms with Gasteiger partial charge in [-0.1, -0.05) is 11.6 Å². The van der Waals surface area contributed by atoms with E-state index in [1.165, 1.54) is 12.3 Å². The van der Waals surface area contributed by atoms with E-state index < -0.39 is 23.4 Å². The molecule has 0 aromatic carbocycles. The first-order valence-corrected chi connectivity index (χ1v) is 6.89. The van der Waals surface area contributed by atoms with Crippen molar-refractivity contribution < 1.29 is 24.2 Å². The number of carboxylic acid groups (broad SMARTS) is 1. The fourth-order valence-electron chi connectivity index (χ4n) is 1.46. The first kappa shape index (κ1) is 17.9. The molecular weight excluding hydrogens is 312 g/mol. The van der Waals surface area contributed by atoms with Gasteiger partial charge < -0.3 is 15.2 Å². The molecule has 1 rings (SSSR count). The van der Waals surface area contributed by atoms with Gasteiger partial charge in [-0.15, -0.1) is 0 Å². The number of nitrogens with one attached hydrogen (secondary N) is 1. The van der Waals surface area contributed by atoms with Gasteiger partial charge in [0.1, 0.15) is 12.3 Å². The summed E-state index contributed by atoms with van der Waals surface area (Å²) in [4.78, 5) is 37.6. The zero-order chi connectivity index (χ0) is 16.8. The summed E-state index contributed by atoms with van der Waals surface area (Å²) in [6.45, 7) is 3.27. The Hall–Kier alpha value is -2.15. The molecule has 0 aliphatic heterocycles. The van der Waals surface area contributed by atoms with Gasteiger partial charge in [0, 0.05) is 6.20 Å². The van der Waals surface area contributed by atoms with Crippen LogP contribution in [-0.2, 0) is 14.3 Å². The van der Waals surface area contributed by atoms with E-state index >= 15 is 0 Å². The fraction of sp³-hybridized carbons (Fsp3) is 0.429. The van der Waals surface area contributed by atoms with Crippen LogP contribution in [0.15, 0.2) is 18.3 Å². The highest BCUT2D eigenvalue weighted by Gasteiger charge is 2.24. The van der Waals surface area contributed by atoms with Crippen molar-refractivity contribution in [2.24, 2.45) is 0 Å². The molecule has 1 amide bonds. The van der Waals surface area contributed by atoms with Crippen LogP contribution in [-0.4, -0.2) is 40.1 Å². The molecule has 0 radical (unpaired) electrons. The van der Waals surface area contributed by atoms with E-state index in [-0.39, 0.29) is 25.1 Å². The van der Waals surface area contributed by atoms with Crippen molar-refractivity contribution in [2.45, 2.75) is 32.2 Å². The van der Waals surface area contributed by atoms with Crippen LogP contribution >= 0.6 is 11.6 Å². The minimum atomic E-state index is -1.07. The number of ether oxygens (including phenoxy) is 1. The molecule has 0 spiro atoms. The number of aromatic nitrogens is 1. The highest BCUT2D eigenvalue weighted by molar-refractivity contribution is 6.30. The summed E-state index contributed by atoms with van der Waals surface area (Å²) in [7, 11) is 0. The van der Waals surface area contributed by atoms with Gasteiger partial charge in [-0.2, -0.15) is 0 Å². The van der Waals surface area contributed by atoms with Crippen LogP contribution in [0.1, 0.15) is 37.2 Å². The Morgan fingerprint density at radius 3 is 2.55 bits per heavy atom. The summed E-state index contributed by atoms with van der Waals surface area (Å²) >= 11 is 5.69. The van der Waals surface area contributed by atoms with Gasteiger partial charge >= 0.3 is 11.9 Å². The highest BCUT2D eigenvalue weighted by Crippen LogP contribution is 2.09. The van der Waals surface area contributed by atoms with E-state index in [0.29, 0.717) is 5.02 Å². The number of amides is 1. The fourth-order valence-corrected chi connectivity index (χ4v) is 1.57. The van der Waals surface area contributed by atoms with Crippen LogP contribution in [0.5, 0.6) is 0 Å². The van der Waals surface area contributed by atoms with Crippen LogP contribution in [0.2, 0.25) is 5.02 Å². The van der Waals surface area contributed by atoms with E-state index in [0.717, 1.165) is 0 Å². The summed E-state index contributed by atoms with van der Waals surface area (Å²) < 4.78 is 4.95. The maximum Gasteiger partial charge on any atom is 0.306 e. The topological polar surface area (TPSA) is 106 Å². The van der Waals surface area contributed by atoms with Crippen LogP contribution in [0.25, 0.3) is 0 Å². The second-order valence-electron chi connectivity index (χ2n) is 5.25. The third kappa shape index (κ3) is 6.53. The van der Waals surface area contributed by atoms with E-state index in [1.807, 2.05) is 0 Å². The number of esters is 1. The zero-order valence-corrected chi connectivity index (χ0v) is 13.0. The number of carboxylic acids is 1. The molecule has 2 N–H and O–H groups in total. The van der Waals surface area contributed by atoms with Gasteiger partial charge in [0.25, 0.3) is 5.91 Å². The molecule has 0 saturated carbocycles. The van der Waals surface area contributed by atoms with Gasteiger partial charge in [0.15, 0.2) is 0 Å². The largest absolute Gasteiger partial charge is 0.481 e. The van der Waals surface area contributed by atoms with Gasteiger partial charge in [-0.25, -0.2) is 4.98 Å². The molecular formula is C14H17ClN2O5. The van der Waals surface area contributed by atoms with Crippen LogP contribution in [0.4, 0.5) is 0 Å². The van der Waals surface area contributed by atoms with Gasteiger partial charge in [0.2, 0.25) is 0 Å². The van der Waals surface area contributed by atoms with Crippen molar-refractivity contribution >= 4 is 29.4 Å². The number of rotatable bonds is 7. The van der Waals surface area contributed by atoms with Crippen molar-refractivity contribution in [1.82, 2.24) is 10.3 Å². The van der Waals surface area contributed by atoms with Crippen molar-refractivity contribution in [2.75, 3.05) is 6.61 Å². The maximum absolute atomic E-state index is 12.0. The maximum atomic E-state index is 12.0. The summed E-state index contributed by atoms with van der Waals surface area (Å²) in [5.41, 5.74) is -0.633. The molecule has 0 aliphatic carbocycles. The molecule has 7 nitrogen and oxygen atoms in total. The quantitative estimate of drug-likeness (QED) is 0.737. The predicted octanol–water partition coefficient (Wildman–Crippen LogP) is 1.65. The summed E-state index contributed by atoms with van der Waals surface area (Å²) in [5, 5.41) is 11.6. The normalized spacial score (nSPS) is 10.9. The Morgan fingerprint density at radius 1 is 1.32 bits per heavy atom. The van der Waals surface area contributed by atoms with E-state index in [1.54, 1.807) is 19.9 Å². The minimum absolute atomic E-state index is 0.0786. The summed E-state index contributed by atoms with van der Waals surface area (Å²) in [6, 6.07) is 3.02. The molecule has 0 saturated heterocycles. The minimum Gasteiger partial charge on any atom is -0.481 e. The Kier molecular flexibility index (Phi) is 6.30. The third-order valence-corrected chi connectivity index (χ3v) is 2.77. The zero-order valence-electron chi connectivity index (χ0n) is 12.3. The Morgan fingerprint density at radius 2 is 2.00 bits per heavy atom. The molecule has 0 aliphatic rings. The van der Waals surface area contributed by atoms with Crippen LogP contribution in [0.3, 0.4) is 0 Å². The number of carbonyl (C=O) groups excluding carboxylic acids is 2. The van der Waals surface area contributed by atoms with E-state index in [9.17, 15) is 14.4 Å².